The molecule has 0 spiro atoms. The van der Waals surface area contributed by atoms with Crippen LogP contribution in [0.25, 0.3) is 0 Å². The minimum Gasteiger partial charge on any atom is -0.401 e. The predicted molar refractivity (Wildman–Crippen MR) is 117 cm³/mol. The van der Waals surface area contributed by atoms with Crippen molar-refractivity contribution in [2.75, 3.05) is 0 Å². The lowest BCUT2D eigenvalue weighted by atomic mass is 9.88. The van der Waals surface area contributed by atoms with E-state index in [0.717, 1.165) is 12.8 Å². The quantitative estimate of drug-likeness (QED) is 0.122. The molecule has 2 atom stereocenters. The topological polar surface area (TPSA) is 107 Å². The molecule has 0 N–H and O–H groups in total. The van der Waals surface area contributed by atoms with Gasteiger partial charge < -0.3 is 9.47 Å². The van der Waals surface area contributed by atoms with E-state index in [9.17, 15) is 14.4 Å². The van der Waals surface area contributed by atoms with Gasteiger partial charge in [-0.3, -0.25) is 9.78 Å². The van der Waals surface area contributed by atoms with Crippen molar-refractivity contribution in [1.29, 1.82) is 0 Å². The molecule has 0 saturated carbocycles. The van der Waals surface area contributed by atoms with Crippen molar-refractivity contribution in [2.24, 2.45) is 10.8 Å². The number of carbonyl (C=O) groups is 3. The molecule has 0 amide bonds. The van der Waals surface area contributed by atoms with Crippen LogP contribution in [0.3, 0.4) is 0 Å². The Hall–Kier alpha value is -2.39. The Balaban J connectivity index is 4.44. The maximum Gasteiger partial charge on any atom is 0.513 e. The van der Waals surface area contributed by atoms with Gasteiger partial charge in [0.2, 0.25) is 12.6 Å². The maximum absolute atomic E-state index is 12.0. The highest BCUT2D eigenvalue weighted by Crippen LogP contribution is 2.24. The third-order valence-electron chi connectivity index (χ3n) is 4.72. The van der Waals surface area contributed by atoms with Crippen LogP contribution in [-0.4, -0.2) is 30.7 Å². The molecule has 0 aliphatic rings. The zero-order valence-electron chi connectivity index (χ0n) is 20.9. The van der Waals surface area contributed by atoms with Crippen molar-refractivity contribution in [1.82, 2.24) is 0 Å². The lowest BCUT2D eigenvalue weighted by Crippen LogP contribution is -2.26. The monoisotopic (exact) mass is 458 g/mol. The van der Waals surface area contributed by atoms with E-state index in [1.54, 1.807) is 26.0 Å². The molecule has 32 heavy (non-hydrogen) atoms. The van der Waals surface area contributed by atoms with Crippen LogP contribution in [-0.2, 0) is 38.6 Å². The number of hydrogen-bond donors (Lipinski definition) is 0. The molecule has 0 rings (SSSR count). The normalized spacial score (nSPS) is 14.9. The molecule has 0 aromatic carbocycles. The molecule has 184 valence electrons. The highest BCUT2D eigenvalue weighted by Gasteiger charge is 2.21. The Morgan fingerprint density at radius 3 is 1.31 bits per heavy atom. The largest absolute Gasteiger partial charge is 0.513 e. The van der Waals surface area contributed by atoms with Gasteiger partial charge in [-0.25, -0.2) is 14.4 Å². The Labute approximate surface area is 190 Å². The summed E-state index contributed by atoms with van der Waals surface area (Å²) in [5.41, 5.74) is 0.383. The van der Waals surface area contributed by atoms with Gasteiger partial charge in [-0.05, 0) is 37.5 Å². The molecule has 0 saturated heterocycles. The highest BCUT2D eigenvalue weighted by atomic mass is 17.2. The number of hydrogen-bond acceptors (Lipinski definition) is 9. The Morgan fingerprint density at radius 2 is 1.03 bits per heavy atom. The van der Waals surface area contributed by atoms with Gasteiger partial charge in [0.15, 0.2) is 0 Å². The van der Waals surface area contributed by atoms with E-state index < -0.39 is 30.7 Å². The fraction of sp³-hybridized carbons (Fsp3) is 0.696. The molecule has 9 heteroatoms. The van der Waals surface area contributed by atoms with Gasteiger partial charge in [-0.15, -0.1) is 9.78 Å². The van der Waals surface area contributed by atoms with Crippen LogP contribution in [0.15, 0.2) is 23.3 Å². The Morgan fingerprint density at radius 1 is 0.719 bits per heavy atom. The average Bonchev–Trinajstić information content (AvgIpc) is 2.69. The molecular weight excluding hydrogens is 420 g/mol. The van der Waals surface area contributed by atoms with Crippen LogP contribution in [0, 0.1) is 10.8 Å². The zero-order chi connectivity index (χ0) is 25.1. The lowest BCUT2D eigenvalue weighted by molar-refractivity contribution is -0.350. The SMILES string of the molecule is CCC(C)(C)/C=C(/C)C(=O)OOC(C)OC(=O)OC(C)OOC(=O)/C(C)=C\C(C)(C)CC. The van der Waals surface area contributed by atoms with Gasteiger partial charge in [0.05, 0.1) is 0 Å². The molecule has 0 aromatic heterocycles. The van der Waals surface area contributed by atoms with Crippen LogP contribution in [0.2, 0.25) is 0 Å². The van der Waals surface area contributed by atoms with Gasteiger partial charge in [0, 0.05) is 25.0 Å². The van der Waals surface area contributed by atoms with Crippen LogP contribution in [0.5, 0.6) is 0 Å². The zero-order valence-corrected chi connectivity index (χ0v) is 20.9. The van der Waals surface area contributed by atoms with Crippen LogP contribution in [0.1, 0.15) is 82.1 Å². The molecule has 0 radical (unpaired) electrons. The molecule has 0 aliphatic carbocycles. The molecule has 0 bridgehead atoms. The van der Waals surface area contributed by atoms with Crippen molar-refractivity contribution in [3.8, 4) is 0 Å². The van der Waals surface area contributed by atoms with Crippen molar-refractivity contribution >= 4 is 18.1 Å². The summed E-state index contributed by atoms with van der Waals surface area (Å²) in [7, 11) is 0. The van der Waals surface area contributed by atoms with Crippen LogP contribution < -0.4 is 0 Å². The number of allylic oxidation sites excluding steroid dienone is 2. The van der Waals surface area contributed by atoms with Crippen LogP contribution in [0.4, 0.5) is 4.79 Å². The Bertz CT molecular complexity index is 646. The second-order valence-electron chi connectivity index (χ2n) is 8.89. The van der Waals surface area contributed by atoms with E-state index in [1.165, 1.54) is 13.8 Å². The molecular formula is C23H38O9. The maximum atomic E-state index is 12.0. The first-order valence-corrected chi connectivity index (χ1v) is 10.6. The number of ether oxygens (including phenoxy) is 2. The van der Waals surface area contributed by atoms with E-state index in [1.807, 2.05) is 41.5 Å². The third-order valence-corrected chi connectivity index (χ3v) is 4.72. The van der Waals surface area contributed by atoms with Crippen molar-refractivity contribution < 1.29 is 43.4 Å². The average molecular weight is 459 g/mol. The van der Waals surface area contributed by atoms with Gasteiger partial charge in [0.25, 0.3) is 0 Å². The third kappa shape index (κ3) is 12.5. The lowest BCUT2D eigenvalue weighted by Gasteiger charge is -2.19. The van der Waals surface area contributed by atoms with E-state index in [2.05, 4.69) is 9.78 Å². The summed E-state index contributed by atoms with van der Waals surface area (Å²) < 4.78 is 9.59. The fourth-order valence-electron chi connectivity index (χ4n) is 2.19. The summed E-state index contributed by atoms with van der Waals surface area (Å²) in [6, 6.07) is 0. The first kappa shape index (κ1) is 29.6. The minimum absolute atomic E-state index is 0.171. The predicted octanol–water partition coefficient (Wildman–Crippen LogP) is 5.55. The van der Waals surface area contributed by atoms with Crippen molar-refractivity contribution in [3.05, 3.63) is 23.3 Å². The summed E-state index contributed by atoms with van der Waals surface area (Å²) in [6.45, 7) is 17.8. The second kappa shape index (κ2) is 13.2. The van der Waals surface area contributed by atoms with E-state index in [0.29, 0.717) is 11.1 Å². The molecule has 2 unspecified atom stereocenters. The van der Waals surface area contributed by atoms with Gasteiger partial charge in [-0.1, -0.05) is 53.7 Å². The number of carbonyl (C=O) groups excluding carboxylic acids is 3. The van der Waals surface area contributed by atoms with Gasteiger partial charge >= 0.3 is 18.1 Å². The standard InChI is InChI=1S/C23H38O9/c1-11-22(7,8)13-15(3)19(24)31-29-17(5)27-21(26)28-18(6)30-32-20(25)16(4)14-23(9,10)12-2/h13-14,17-18H,11-12H2,1-10H3/b15-13-,16-14-. The molecule has 9 nitrogen and oxygen atoms in total. The van der Waals surface area contributed by atoms with Gasteiger partial charge in [-0.2, -0.15) is 0 Å². The first-order valence-electron chi connectivity index (χ1n) is 10.6. The van der Waals surface area contributed by atoms with E-state index in [4.69, 9.17) is 19.2 Å². The first-order chi connectivity index (χ1) is 14.6. The van der Waals surface area contributed by atoms with Crippen LogP contribution >= 0.6 is 0 Å². The van der Waals surface area contributed by atoms with Crippen molar-refractivity contribution in [3.63, 3.8) is 0 Å². The highest BCUT2D eigenvalue weighted by molar-refractivity contribution is 5.87. The molecule has 0 heterocycles. The summed E-state index contributed by atoms with van der Waals surface area (Å²) in [5, 5.41) is 0. The van der Waals surface area contributed by atoms with Crippen molar-refractivity contribution in [2.45, 2.75) is 94.7 Å². The summed E-state index contributed by atoms with van der Waals surface area (Å²) in [5.74, 6) is -1.40. The second-order valence-corrected chi connectivity index (χ2v) is 8.89. The van der Waals surface area contributed by atoms with Gasteiger partial charge in [0.1, 0.15) is 0 Å². The minimum atomic E-state index is -1.24. The smallest absolute Gasteiger partial charge is 0.401 e. The summed E-state index contributed by atoms with van der Waals surface area (Å²) in [6.07, 6.45) is 1.58. The number of rotatable bonds is 12. The molecule has 0 fully saturated rings. The van der Waals surface area contributed by atoms with E-state index in [-0.39, 0.29) is 10.8 Å². The molecule has 0 aromatic rings. The summed E-state index contributed by atoms with van der Waals surface area (Å²) in [4.78, 5) is 54.5. The van der Waals surface area contributed by atoms with E-state index >= 15 is 0 Å². The summed E-state index contributed by atoms with van der Waals surface area (Å²) >= 11 is 0. The Kier molecular flexibility index (Phi) is 12.2. The molecule has 0 aliphatic heterocycles. The fourth-order valence-corrected chi connectivity index (χ4v) is 2.19.